The van der Waals surface area contributed by atoms with Crippen LogP contribution in [0.4, 0.5) is 11.4 Å². The van der Waals surface area contributed by atoms with Crippen molar-refractivity contribution in [3.8, 4) is 0 Å². The fourth-order valence-corrected chi connectivity index (χ4v) is 2.30. The van der Waals surface area contributed by atoms with Crippen molar-refractivity contribution in [1.29, 1.82) is 0 Å². The summed E-state index contributed by atoms with van der Waals surface area (Å²) in [4.78, 5) is 7.35. The Balaban J connectivity index is 1.65. The van der Waals surface area contributed by atoms with Gasteiger partial charge in [-0.25, -0.2) is 4.98 Å². The zero-order valence-electron chi connectivity index (χ0n) is 11.5. The van der Waals surface area contributed by atoms with Crippen molar-refractivity contribution in [3.05, 3.63) is 53.9 Å². The molecule has 0 unspecified atom stereocenters. The molecule has 2 aromatic carbocycles. The van der Waals surface area contributed by atoms with E-state index < -0.39 is 0 Å². The highest BCUT2D eigenvalue weighted by Crippen LogP contribution is 2.19. The van der Waals surface area contributed by atoms with E-state index in [0.717, 1.165) is 35.4 Å². The highest BCUT2D eigenvalue weighted by Gasteiger charge is 2.01. The highest BCUT2D eigenvalue weighted by atomic mass is 14.9. The second-order valence-corrected chi connectivity index (χ2v) is 5.02. The summed E-state index contributed by atoms with van der Waals surface area (Å²) in [5.74, 6) is 0. The van der Waals surface area contributed by atoms with E-state index in [1.165, 1.54) is 11.1 Å². The second kappa shape index (κ2) is 5.25. The Labute approximate surface area is 118 Å². The van der Waals surface area contributed by atoms with Gasteiger partial charge in [0.2, 0.25) is 0 Å². The quantitative estimate of drug-likeness (QED) is 0.636. The molecule has 0 bridgehead atoms. The van der Waals surface area contributed by atoms with E-state index in [0.29, 0.717) is 0 Å². The van der Waals surface area contributed by atoms with Gasteiger partial charge in [0.25, 0.3) is 0 Å². The third kappa shape index (κ3) is 2.59. The predicted octanol–water partition coefficient (Wildman–Crippen LogP) is 3.11. The van der Waals surface area contributed by atoms with Gasteiger partial charge in [-0.3, -0.25) is 0 Å². The molecule has 0 spiro atoms. The average Bonchev–Trinajstić information content (AvgIpc) is 2.90. The fourth-order valence-electron chi connectivity index (χ4n) is 2.30. The highest BCUT2D eigenvalue weighted by molar-refractivity contribution is 5.75. The summed E-state index contributed by atoms with van der Waals surface area (Å²) in [6.45, 7) is 2.92. The summed E-state index contributed by atoms with van der Waals surface area (Å²) in [7, 11) is 0. The first kappa shape index (κ1) is 12.5. The lowest BCUT2D eigenvalue weighted by Crippen LogP contribution is -2.07. The number of anilines is 2. The molecule has 4 nitrogen and oxygen atoms in total. The minimum atomic E-state index is 0.791. The van der Waals surface area contributed by atoms with Crippen molar-refractivity contribution < 1.29 is 0 Å². The van der Waals surface area contributed by atoms with Crippen LogP contribution in [0.5, 0.6) is 0 Å². The van der Waals surface area contributed by atoms with Gasteiger partial charge in [-0.15, -0.1) is 0 Å². The van der Waals surface area contributed by atoms with Gasteiger partial charge in [0.05, 0.1) is 28.7 Å². The lowest BCUT2D eigenvalue weighted by atomic mass is 10.1. The zero-order chi connectivity index (χ0) is 13.9. The van der Waals surface area contributed by atoms with Gasteiger partial charge in [0.1, 0.15) is 0 Å². The number of nitrogens with one attached hydrogen (secondary N) is 2. The average molecular weight is 266 g/mol. The topological polar surface area (TPSA) is 66.7 Å². The predicted molar refractivity (Wildman–Crippen MR) is 83.9 cm³/mol. The lowest BCUT2D eigenvalue weighted by Gasteiger charge is -2.10. The number of aromatic amines is 1. The summed E-state index contributed by atoms with van der Waals surface area (Å²) in [6, 6.07) is 12.3. The van der Waals surface area contributed by atoms with Crippen LogP contribution >= 0.6 is 0 Å². The van der Waals surface area contributed by atoms with Crippen LogP contribution in [0.3, 0.4) is 0 Å². The Morgan fingerprint density at radius 2 is 2.10 bits per heavy atom. The summed E-state index contributed by atoms with van der Waals surface area (Å²) in [5.41, 5.74) is 12.3. The molecule has 0 aliphatic heterocycles. The van der Waals surface area contributed by atoms with E-state index in [4.69, 9.17) is 5.73 Å². The van der Waals surface area contributed by atoms with Crippen LogP contribution in [0, 0.1) is 6.92 Å². The molecule has 0 radical (unpaired) electrons. The summed E-state index contributed by atoms with van der Waals surface area (Å²) in [6.07, 6.45) is 2.67. The van der Waals surface area contributed by atoms with Gasteiger partial charge in [-0.1, -0.05) is 12.1 Å². The molecule has 0 saturated carbocycles. The van der Waals surface area contributed by atoms with Crippen molar-refractivity contribution in [1.82, 2.24) is 9.97 Å². The van der Waals surface area contributed by atoms with Crippen LogP contribution in [0.2, 0.25) is 0 Å². The smallest absolute Gasteiger partial charge is 0.0931 e. The number of imidazole rings is 1. The van der Waals surface area contributed by atoms with E-state index in [9.17, 15) is 0 Å². The first-order chi connectivity index (χ1) is 9.72. The molecule has 3 aromatic rings. The first-order valence-electron chi connectivity index (χ1n) is 6.74. The molecular formula is C16H18N4. The molecule has 4 N–H and O–H groups in total. The van der Waals surface area contributed by atoms with E-state index in [1.807, 2.05) is 18.2 Å². The molecule has 0 fully saturated rings. The van der Waals surface area contributed by atoms with Crippen molar-refractivity contribution in [2.45, 2.75) is 13.3 Å². The zero-order valence-corrected chi connectivity index (χ0v) is 11.5. The largest absolute Gasteiger partial charge is 0.397 e. The van der Waals surface area contributed by atoms with Crippen molar-refractivity contribution in [3.63, 3.8) is 0 Å². The lowest BCUT2D eigenvalue weighted by molar-refractivity contribution is 1.02. The molecule has 4 heteroatoms. The van der Waals surface area contributed by atoms with Crippen LogP contribution < -0.4 is 11.1 Å². The molecule has 1 heterocycles. The maximum absolute atomic E-state index is 5.95. The molecular weight excluding hydrogens is 248 g/mol. The SMILES string of the molecule is Cc1ccc(N)c(NCCc2ccc3nc[nH]c3c2)c1. The number of nitrogens with zero attached hydrogens (tertiary/aromatic N) is 1. The number of H-pyrrole nitrogens is 1. The van der Waals surface area contributed by atoms with Crippen LogP contribution in [-0.4, -0.2) is 16.5 Å². The van der Waals surface area contributed by atoms with Gasteiger partial charge in [0, 0.05) is 6.54 Å². The van der Waals surface area contributed by atoms with Crippen LogP contribution in [0.1, 0.15) is 11.1 Å². The first-order valence-corrected chi connectivity index (χ1v) is 6.74. The van der Waals surface area contributed by atoms with E-state index in [2.05, 4.69) is 40.4 Å². The molecule has 1 aromatic heterocycles. The number of aromatic nitrogens is 2. The number of hydrogen-bond donors (Lipinski definition) is 3. The van der Waals surface area contributed by atoms with Crippen molar-refractivity contribution in [2.75, 3.05) is 17.6 Å². The van der Waals surface area contributed by atoms with Gasteiger partial charge in [-0.2, -0.15) is 0 Å². The molecule has 0 atom stereocenters. The molecule has 0 aliphatic rings. The van der Waals surface area contributed by atoms with Crippen LogP contribution in [0.25, 0.3) is 11.0 Å². The van der Waals surface area contributed by atoms with Gasteiger partial charge in [0.15, 0.2) is 0 Å². The Hall–Kier alpha value is -2.49. The molecule has 3 rings (SSSR count). The fraction of sp³-hybridized carbons (Fsp3) is 0.188. The van der Waals surface area contributed by atoms with Gasteiger partial charge in [-0.05, 0) is 48.7 Å². The number of hydrogen-bond acceptors (Lipinski definition) is 3. The molecule has 20 heavy (non-hydrogen) atoms. The van der Waals surface area contributed by atoms with E-state index in [1.54, 1.807) is 6.33 Å². The van der Waals surface area contributed by atoms with Crippen LogP contribution in [0.15, 0.2) is 42.7 Å². The van der Waals surface area contributed by atoms with Crippen molar-refractivity contribution in [2.24, 2.45) is 0 Å². The van der Waals surface area contributed by atoms with E-state index in [-0.39, 0.29) is 0 Å². The maximum Gasteiger partial charge on any atom is 0.0931 e. The third-order valence-electron chi connectivity index (χ3n) is 3.42. The molecule has 0 amide bonds. The molecule has 0 aliphatic carbocycles. The van der Waals surface area contributed by atoms with Crippen LogP contribution in [-0.2, 0) is 6.42 Å². The summed E-state index contributed by atoms with van der Waals surface area (Å²) < 4.78 is 0. The number of aryl methyl sites for hydroxylation is 1. The number of rotatable bonds is 4. The molecule has 102 valence electrons. The van der Waals surface area contributed by atoms with Crippen molar-refractivity contribution >= 4 is 22.4 Å². The Morgan fingerprint density at radius 3 is 3.00 bits per heavy atom. The summed E-state index contributed by atoms with van der Waals surface area (Å²) >= 11 is 0. The second-order valence-electron chi connectivity index (χ2n) is 5.02. The van der Waals surface area contributed by atoms with Gasteiger partial charge >= 0.3 is 0 Å². The summed E-state index contributed by atoms with van der Waals surface area (Å²) in [5, 5.41) is 3.39. The van der Waals surface area contributed by atoms with E-state index >= 15 is 0 Å². The third-order valence-corrected chi connectivity index (χ3v) is 3.42. The minimum Gasteiger partial charge on any atom is -0.397 e. The minimum absolute atomic E-state index is 0.791. The number of nitrogens with two attached hydrogens (primary N) is 1. The standard InChI is InChI=1S/C16H18N4/c1-11-2-4-13(17)15(8-11)18-7-6-12-3-5-14-16(9-12)20-10-19-14/h2-5,8-10,18H,6-7,17H2,1H3,(H,19,20). The monoisotopic (exact) mass is 266 g/mol. The van der Waals surface area contributed by atoms with Gasteiger partial charge < -0.3 is 16.0 Å². The number of nitrogen functional groups attached to an aromatic ring is 1. The number of benzene rings is 2. The number of fused-ring (bicyclic) bond motifs is 1. The Bertz CT molecular complexity index is 730. The maximum atomic E-state index is 5.95. The normalized spacial score (nSPS) is 10.8. The molecule has 0 saturated heterocycles. The Kier molecular flexibility index (Phi) is 3.29. The Morgan fingerprint density at radius 1 is 1.20 bits per heavy atom.